The third-order valence-corrected chi connectivity index (χ3v) is 6.37. The van der Waals surface area contributed by atoms with Crippen LogP contribution in [-0.4, -0.2) is 70.5 Å². The number of rotatable bonds is 7. The number of imidazole rings is 1. The van der Waals surface area contributed by atoms with Crippen molar-refractivity contribution in [2.45, 2.75) is 57.4 Å². The standard InChI is InChI=1S/C22H31F2N7O/c1-4-15-12-31(10-9-29(2)3)21(27-15)14-5-7-30(8-6-14)22-18-16(19(23)24)11-17(32)28-20(18)25-13-26-22/h12-14,16,19H,4-11H2,1-3H3,(H,25,26,28,32)/t16-/m1/s1. The number of halogens is 2. The van der Waals surface area contributed by atoms with Crippen molar-refractivity contribution in [3.8, 4) is 0 Å². The van der Waals surface area contributed by atoms with Gasteiger partial charge in [0, 0.05) is 50.3 Å². The normalized spacial score (nSPS) is 19.5. The molecule has 4 heterocycles. The number of anilines is 2. The maximum atomic E-state index is 13.7. The number of hydrogen-bond acceptors (Lipinski definition) is 6. The van der Waals surface area contributed by atoms with Crippen molar-refractivity contribution in [2.24, 2.45) is 0 Å². The van der Waals surface area contributed by atoms with Gasteiger partial charge in [-0.25, -0.2) is 23.7 Å². The first-order valence-corrected chi connectivity index (χ1v) is 11.3. The van der Waals surface area contributed by atoms with E-state index in [1.54, 1.807) is 0 Å². The second-order valence-corrected chi connectivity index (χ2v) is 8.85. The Hall–Kier alpha value is -2.62. The van der Waals surface area contributed by atoms with Crippen LogP contribution in [-0.2, 0) is 17.8 Å². The lowest BCUT2D eigenvalue weighted by Crippen LogP contribution is -2.37. The molecule has 8 nitrogen and oxygen atoms in total. The monoisotopic (exact) mass is 447 g/mol. The molecular weight excluding hydrogens is 416 g/mol. The molecule has 0 spiro atoms. The quantitative estimate of drug-likeness (QED) is 0.703. The van der Waals surface area contributed by atoms with Gasteiger partial charge in [0.2, 0.25) is 12.3 Å². The summed E-state index contributed by atoms with van der Waals surface area (Å²) in [6, 6.07) is 0. The van der Waals surface area contributed by atoms with E-state index >= 15 is 0 Å². The number of alkyl halides is 2. The van der Waals surface area contributed by atoms with Crippen LogP contribution in [0.2, 0.25) is 0 Å². The number of fused-ring (bicyclic) bond motifs is 1. The summed E-state index contributed by atoms with van der Waals surface area (Å²) in [5, 5.41) is 2.63. The number of piperidine rings is 1. The van der Waals surface area contributed by atoms with Crippen LogP contribution >= 0.6 is 0 Å². The molecule has 0 bridgehead atoms. The number of carbonyl (C=O) groups excluding carboxylic acids is 1. The van der Waals surface area contributed by atoms with Gasteiger partial charge in [0.15, 0.2) is 0 Å². The zero-order chi connectivity index (χ0) is 22.8. The van der Waals surface area contributed by atoms with Gasteiger partial charge in [-0.3, -0.25) is 4.79 Å². The third-order valence-electron chi connectivity index (χ3n) is 6.37. The van der Waals surface area contributed by atoms with Crippen molar-refractivity contribution < 1.29 is 13.6 Å². The molecule has 2 aromatic heterocycles. The van der Waals surface area contributed by atoms with Crippen molar-refractivity contribution in [1.29, 1.82) is 0 Å². The van der Waals surface area contributed by atoms with E-state index < -0.39 is 18.3 Å². The van der Waals surface area contributed by atoms with Crippen LogP contribution < -0.4 is 10.2 Å². The summed E-state index contributed by atoms with van der Waals surface area (Å²) in [7, 11) is 4.13. The Labute approximate surface area is 187 Å². The summed E-state index contributed by atoms with van der Waals surface area (Å²) in [5.41, 5.74) is 1.46. The van der Waals surface area contributed by atoms with Crippen LogP contribution in [0.1, 0.15) is 55.1 Å². The average molecular weight is 448 g/mol. The minimum absolute atomic E-state index is 0.213. The molecule has 0 aliphatic carbocycles. The summed E-state index contributed by atoms with van der Waals surface area (Å²) in [5.74, 6) is 0.560. The second kappa shape index (κ2) is 9.48. The number of amides is 1. The molecule has 1 N–H and O–H groups in total. The van der Waals surface area contributed by atoms with E-state index in [0.29, 0.717) is 30.4 Å². The molecule has 0 unspecified atom stereocenters. The fourth-order valence-electron chi connectivity index (χ4n) is 4.60. The SMILES string of the molecule is CCc1cn(CCN(C)C)c(C2CCN(c3ncnc4c3[C@H](C(F)F)CC(=O)N4)CC2)n1. The lowest BCUT2D eigenvalue weighted by Gasteiger charge is -2.36. The highest BCUT2D eigenvalue weighted by Crippen LogP contribution is 2.41. The molecule has 2 aromatic rings. The number of aryl methyl sites for hydroxylation is 1. The Morgan fingerprint density at radius 3 is 2.66 bits per heavy atom. The minimum Gasteiger partial charge on any atom is -0.356 e. The van der Waals surface area contributed by atoms with E-state index in [1.165, 1.54) is 6.33 Å². The number of nitrogens with one attached hydrogen (secondary N) is 1. The molecule has 4 rings (SSSR count). The molecule has 0 aromatic carbocycles. The Balaban J connectivity index is 1.53. The van der Waals surface area contributed by atoms with Crippen molar-refractivity contribution in [1.82, 2.24) is 24.4 Å². The first kappa shape index (κ1) is 22.6. The highest BCUT2D eigenvalue weighted by atomic mass is 19.3. The molecule has 2 aliphatic heterocycles. The summed E-state index contributed by atoms with van der Waals surface area (Å²) in [4.78, 5) is 29.4. The number of hydrogen-bond donors (Lipinski definition) is 1. The molecule has 2 aliphatic rings. The second-order valence-electron chi connectivity index (χ2n) is 8.85. The first-order valence-electron chi connectivity index (χ1n) is 11.3. The van der Waals surface area contributed by atoms with Gasteiger partial charge < -0.3 is 19.7 Å². The third kappa shape index (κ3) is 4.60. The highest BCUT2D eigenvalue weighted by molar-refractivity contribution is 5.94. The Morgan fingerprint density at radius 2 is 2.00 bits per heavy atom. The molecule has 1 atom stereocenters. The summed E-state index contributed by atoms with van der Waals surface area (Å²) < 4.78 is 29.8. The van der Waals surface area contributed by atoms with E-state index in [-0.39, 0.29) is 12.2 Å². The highest BCUT2D eigenvalue weighted by Gasteiger charge is 2.37. The molecule has 1 saturated heterocycles. The molecular formula is C22H31F2N7O. The maximum Gasteiger partial charge on any atom is 0.246 e. The fourth-order valence-corrected chi connectivity index (χ4v) is 4.60. The number of carbonyl (C=O) groups is 1. The summed E-state index contributed by atoms with van der Waals surface area (Å²) in [6.07, 6.45) is 3.25. The van der Waals surface area contributed by atoms with Gasteiger partial charge in [-0.2, -0.15) is 0 Å². The van der Waals surface area contributed by atoms with Crippen molar-refractivity contribution in [2.75, 3.05) is 43.9 Å². The smallest absolute Gasteiger partial charge is 0.246 e. The predicted molar refractivity (Wildman–Crippen MR) is 118 cm³/mol. The van der Waals surface area contributed by atoms with Crippen LogP contribution in [0.4, 0.5) is 20.4 Å². The first-order chi connectivity index (χ1) is 15.4. The van der Waals surface area contributed by atoms with Gasteiger partial charge in [0.25, 0.3) is 0 Å². The Kier molecular flexibility index (Phi) is 6.68. The van der Waals surface area contributed by atoms with Crippen LogP contribution in [0.5, 0.6) is 0 Å². The predicted octanol–water partition coefficient (Wildman–Crippen LogP) is 2.87. The van der Waals surface area contributed by atoms with Gasteiger partial charge >= 0.3 is 0 Å². The van der Waals surface area contributed by atoms with Gasteiger partial charge in [0.1, 0.15) is 23.8 Å². The lowest BCUT2D eigenvalue weighted by molar-refractivity contribution is -0.117. The zero-order valence-electron chi connectivity index (χ0n) is 18.9. The molecule has 174 valence electrons. The van der Waals surface area contributed by atoms with E-state index in [9.17, 15) is 13.6 Å². The molecule has 0 saturated carbocycles. The minimum atomic E-state index is -2.64. The van der Waals surface area contributed by atoms with Crippen LogP contribution in [0.3, 0.4) is 0 Å². The molecule has 1 amide bonds. The summed E-state index contributed by atoms with van der Waals surface area (Å²) >= 11 is 0. The Bertz CT molecular complexity index is 954. The van der Waals surface area contributed by atoms with Crippen molar-refractivity contribution in [3.05, 3.63) is 29.6 Å². The lowest BCUT2D eigenvalue weighted by atomic mass is 9.91. The van der Waals surface area contributed by atoms with E-state index in [0.717, 1.165) is 43.9 Å². The molecule has 1 fully saturated rings. The maximum absolute atomic E-state index is 13.7. The van der Waals surface area contributed by atoms with Crippen LogP contribution in [0.15, 0.2) is 12.5 Å². The molecule has 0 radical (unpaired) electrons. The van der Waals surface area contributed by atoms with E-state index in [4.69, 9.17) is 4.98 Å². The van der Waals surface area contributed by atoms with Gasteiger partial charge in [-0.05, 0) is 33.4 Å². The average Bonchev–Trinajstić information content (AvgIpc) is 3.20. The van der Waals surface area contributed by atoms with Crippen LogP contribution in [0.25, 0.3) is 0 Å². The fraction of sp³-hybridized carbons (Fsp3) is 0.636. The number of nitrogens with zero attached hydrogens (tertiary/aromatic N) is 6. The largest absolute Gasteiger partial charge is 0.356 e. The molecule has 32 heavy (non-hydrogen) atoms. The Morgan fingerprint density at radius 1 is 1.25 bits per heavy atom. The summed E-state index contributed by atoms with van der Waals surface area (Å²) in [6.45, 7) is 5.34. The van der Waals surface area contributed by atoms with Crippen molar-refractivity contribution >= 4 is 17.5 Å². The van der Waals surface area contributed by atoms with Gasteiger partial charge in [-0.15, -0.1) is 0 Å². The topological polar surface area (TPSA) is 79.2 Å². The number of aromatic nitrogens is 4. The van der Waals surface area contributed by atoms with E-state index in [1.807, 2.05) is 0 Å². The van der Waals surface area contributed by atoms with Gasteiger partial charge in [-0.1, -0.05) is 6.92 Å². The van der Waals surface area contributed by atoms with E-state index in [2.05, 4.69) is 56.9 Å². The zero-order valence-corrected chi connectivity index (χ0v) is 18.9. The number of likely N-dealkylation sites (N-methyl/N-ethyl adjacent to an activating group) is 1. The molecule has 10 heteroatoms. The van der Waals surface area contributed by atoms with Gasteiger partial charge in [0.05, 0.1) is 11.6 Å². The van der Waals surface area contributed by atoms with Crippen molar-refractivity contribution in [3.63, 3.8) is 0 Å². The van der Waals surface area contributed by atoms with Crippen LogP contribution in [0, 0.1) is 0 Å².